The van der Waals surface area contributed by atoms with Gasteiger partial charge >= 0.3 is 0 Å². The fourth-order valence-corrected chi connectivity index (χ4v) is 2.08. The second kappa shape index (κ2) is 5.54. The van der Waals surface area contributed by atoms with E-state index in [4.69, 9.17) is 4.52 Å². The monoisotopic (exact) mass is 265 g/mol. The Kier molecular flexibility index (Phi) is 3.42. The highest BCUT2D eigenvalue weighted by Gasteiger charge is 2.09. The van der Waals surface area contributed by atoms with E-state index in [0.717, 1.165) is 28.8 Å². The van der Waals surface area contributed by atoms with Crippen molar-refractivity contribution in [2.24, 2.45) is 4.99 Å². The Hall–Kier alpha value is -2.67. The summed E-state index contributed by atoms with van der Waals surface area (Å²) in [5.41, 5.74) is 1.54. The molecule has 4 nitrogen and oxygen atoms in total. The van der Waals surface area contributed by atoms with Crippen molar-refractivity contribution in [3.05, 3.63) is 53.8 Å². The van der Waals surface area contributed by atoms with Gasteiger partial charge in [0.1, 0.15) is 5.82 Å². The lowest BCUT2D eigenvalue weighted by Crippen LogP contribution is -2.25. The van der Waals surface area contributed by atoms with E-state index >= 15 is 0 Å². The number of para-hydroxylation sites is 1. The van der Waals surface area contributed by atoms with Crippen LogP contribution in [0.3, 0.4) is 0 Å². The Bertz CT molecular complexity index is 796. The fourth-order valence-electron chi connectivity index (χ4n) is 2.08. The normalized spacial score (nSPS) is 15.2. The quantitative estimate of drug-likeness (QED) is 0.847. The standard InChI is InChI=1S/C16H15N3O/c1-2-3-11-19-12-7-6-10-15(19)17-16-13-8-4-5-9-14(13)20-18-16/h4-10H,11-12H2,1H3,(H,17,18). The molecule has 2 heterocycles. The summed E-state index contributed by atoms with van der Waals surface area (Å²) in [6.45, 7) is 3.34. The zero-order chi connectivity index (χ0) is 13.8. The average molecular weight is 265 g/mol. The number of aromatic nitrogens is 1. The molecule has 0 fully saturated rings. The molecule has 4 heteroatoms. The van der Waals surface area contributed by atoms with E-state index in [2.05, 4.69) is 33.0 Å². The molecule has 1 aliphatic rings. The third kappa shape index (κ3) is 2.39. The molecule has 0 saturated carbocycles. The van der Waals surface area contributed by atoms with E-state index in [9.17, 15) is 0 Å². The Balaban J connectivity index is 2.02. The molecule has 1 N–H and O–H groups in total. The number of allylic oxidation sites excluding steroid dienone is 2. The van der Waals surface area contributed by atoms with Gasteiger partial charge in [-0.25, -0.2) is 10.1 Å². The van der Waals surface area contributed by atoms with Crippen molar-refractivity contribution in [1.29, 1.82) is 0 Å². The number of hydrogen-bond acceptors (Lipinski definition) is 3. The highest BCUT2D eigenvalue weighted by molar-refractivity contribution is 5.75. The van der Waals surface area contributed by atoms with E-state index in [0.29, 0.717) is 6.54 Å². The number of benzene rings is 1. The molecule has 0 aliphatic carbocycles. The van der Waals surface area contributed by atoms with Gasteiger partial charge in [-0.3, -0.25) is 0 Å². The first-order chi connectivity index (χ1) is 9.88. The van der Waals surface area contributed by atoms with Crippen LogP contribution in [0.2, 0.25) is 0 Å². The van der Waals surface area contributed by atoms with E-state index in [1.807, 2.05) is 43.3 Å². The lowest BCUT2D eigenvalue weighted by molar-refractivity contribution is 0.409. The Labute approximate surface area is 117 Å². The van der Waals surface area contributed by atoms with Crippen molar-refractivity contribution in [2.75, 3.05) is 13.1 Å². The minimum Gasteiger partial charge on any atom is -0.380 e. The maximum Gasteiger partial charge on any atom is 0.173 e. The Morgan fingerprint density at radius 2 is 2.30 bits per heavy atom. The number of rotatable bonds is 2. The number of aromatic amines is 1. The van der Waals surface area contributed by atoms with Crippen LogP contribution in [0.5, 0.6) is 0 Å². The van der Waals surface area contributed by atoms with Crippen molar-refractivity contribution in [3.8, 4) is 11.8 Å². The maximum absolute atomic E-state index is 5.40. The lowest BCUT2D eigenvalue weighted by Gasteiger charge is -2.22. The smallest absolute Gasteiger partial charge is 0.173 e. The molecule has 3 rings (SSSR count). The summed E-state index contributed by atoms with van der Waals surface area (Å²) >= 11 is 0. The summed E-state index contributed by atoms with van der Waals surface area (Å²) in [4.78, 5) is 6.78. The van der Waals surface area contributed by atoms with Crippen LogP contribution in [0.15, 0.2) is 57.8 Å². The molecule has 100 valence electrons. The molecule has 0 spiro atoms. The molecule has 0 bridgehead atoms. The highest BCUT2D eigenvalue weighted by Crippen LogP contribution is 2.12. The third-order valence-electron chi connectivity index (χ3n) is 3.10. The van der Waals surface area contributed by atoms with Gasteiger partial charge < -0.3 is 9.42 Å². The average Bonchev–Trinajstić information content (AvgIpc) is 2.90. The van der Waals surface area contributed by atoms with Crippen LogP contribution in [0, 0.1) is 11.8 Å². The number of fused-ring (bicyclic) bond motifs is 1. The SMILES string of the molecule is CC#CCN1CC=CC=C1N=c1[nH]oc2ccccc12. The van der Waals surface area contributed by atoms with E-state index in [1.54, 1.807) is 0 Å². The number of hydrogen-bond donors (Lipinski definition) is 1. The van der Waals surface area contributed by atoms with Gasteiger partial charge in [-0.2, -0.15) is 0 Å². The second-order valence-corrected chi connectivity index (χ2v) is 4.42. The molecule has 0 amide bonds. The fraction of sp³-hybridized carbons (Fsp3) is 0.188. The lowest BCUT2D eigenvalue weighted by atomic mass is 10.2. The first kappa shape index (κ1) is 12.4. The van der Waals surface area contributed by atoms with Crippen molar-refractivity contribution < 1.29 is 4.52 Å². The van der Waals surface area contributed by atoms with Gasteiger partial charge in [0.15, 0.2) is 11.1 Å². The third-order valence-corrected chi connectivity index (χ3v) is 3.10. The van der Waals surface area contributed by atoms with Crippen LogP contribution in [0.4, 0.5) is 0 Å². The van der Waals surface area contributed by atoms with Gasteiger partial charge in [0, 0.05) is 6.54 Å². The van der Waals surface area contributed by atoms with Gasteiger partial charge in [0.2, 0.25) is 0 Å². The first-order valence-electron chi connectivity index (χ1n) is 6.51. The first-order valence-corrected chi connectivity index (χ1v) is 6.51. The molecule has 1 aromatic carbocycles. The molecule has 2 aromatic rings. The summed E-state index contributed by atoms with van der Waals surface area (Å²) in [5.74, 6) is 6.87. The Morgan fingerprint density at radius 1 is 1.40 bits per heavy atom. The van der Waals surface area contributed by atoms with Gasteiger partial charge in [-0.1, -0.05) is 30.2 Å². The summed E-state index contributed by atoms with van der Waals surface area (Å²) < 4.78 is 5.40. The van der Waals surface area contributed by atoms with Crippen LogP contribution in [-0.2, 0) is 0 Å². The summed E-state index contributed by atoms with van der Waals surface area (Å²) in [6, 6.07) is 7.82. The molecule has 0 unspecified atom stereocenters. The van der Waals surface area contributed by atoms with Gasteiger partial charge in [0.05, 0.1) is 11.9 Å². The Morgan fingerprint density at radius 3 is 3.20 bits per heavy atom. The van der Waals surface area contributed by atoms with Crippen LogP contribution in [0.1, 0.15) is 6.92 Å². The molecule has 20 heavy (non-hydrogen) atoms. The predicted octanol–water partition coefficient (Wildman–Crippen LogP) is 2.40. The summed E-state index contributed by atoms with van der Waals surface area (Å²) in [7, 11) is 0. The van der Waals surface area contributed by atoms with Crippen molar-refractivity contribution in [1.82, 2.24) is 10.1 Å². The zero-order valence-corrected chi connectivity index (χ0v) is 11.3. The molecular weight excluding hydrogens is 250 g/mol. The molecule has 0 radical (unpaired) electrons. The minimum atomic E-state index is 0.673. The summed E-state index contributed by atoms with van der Waals surface area (Å²) in [5, 5.41) is 3.84. The number of nitrogens with one attached hydrogen (secondary N) is 1. The topological polar surface area (TPSA) is 44.5 Å². The second-order valence-electron chi connectivity index (χ2n) is 4.42. The van der Waals surface area contributed by atoms with Crippen molar-refractivity contribution >= 4 is 11.0 Å². The van der Waals surface area contributed by atoms with E-state index in [-0.39, 0.29) is 0 Å². The van der Waals surface area contributed by atoms with E-state index < -0.39 is 0 Å². The molecule has 1 aromatic heterocycles. The van der Waals surface area contributed by atoms with Crippen molar-refractivity contribution in [3.63, 3.8) is 0 Å². The summed E-state index contributed by atoms with van der Waals surface area (Å²) in [6.07, 6.45) is 6.08. The molecule has 0 atom stereocenters. The van der Waals surface area contributed by atoms with Crippen molar-refractivity contribution in [2.45, 2.75) is 6.92 Å². The van der Waals surface area contributed by atoms with Crippen LogP contribution >= 0.6 is 0 Å². The van der Waals surface area contributed by atoms with Crippen LogP contribution < -0.4 is 5.49 Å². The zero-order valence-electron chi connectivity index (χ0n) is 11.3. The van der Waals surface area contributed by atoms with Gasteiger partial charge in [-0.15, -0.1) is 5.92 Å². The molecule has 0 saturated heterocycles. The number of H-pyrrole nitrogens is 1. The van der Waals surface area contributed by atoms with E-state index in [1.165, 1.54) is 0 Å². The van der Waals surface area contributed by atoms with Gasteiger partial charge in [-0.05, 0) is 25.1 Å². The van der Waals surface area contributed by atoms with Crippen LogP contribution in [0.25, 0.3) is 11.0 Å². The predicted molar refractivity (Wildman–Crippen MR) is 78.4 cm³/mol. The minimum absolute atomic E-state index is 0.673. The largest absolute Gasteiger partial charge is 0.380 e. The maximum atomic E-state index is 5.40. The van der Waals surface area contributed by atoms with Crippen LogP contribution in [-0.4, -0.2) is 23.1 Å². The highest BCUT2D eigenvalue weighted by atomic mass is 16.5. The molecule has 1 aliphatic heterocycles. The van der Waals surface area contributed by atoms with Gasteiger partial charge in [0.25, 0.3) is 0 Å². The number of nitrogens with zero attached hydrogens (tertiary/aromatic N) is 2. The molecular formula is C16H15N3O.